The van der Waals surface area contributed by atoms with E-state index in [1.807, 2.05) is 24.5 Å². The number of allylic oxidation sites excluding steroid dienone is 2. The van der Waals surface area contributed by atoms with E-state index in [-0.39, 0.29) is 0 Å². The second kappa shape index (κ2) is 7.51. The Kier molecular flexibility index (Phi) is 4.97. The van der Waals surface area contributed by atoms with E-state index in [1.54, 1.807) is 0 Å². The van der Waals surface area contributed by atoms with Gasteiger partial charge in [-0.25, -0.2) is 9.97 Å². The molecule has 3 rings (SSSR count). The first-order valence-electron chi connectivity index (χ1n) is 8.02. The molecule has 0 saturated carbocycles. The molecule has 24 heavy (non-hydrogen) atoms. The van der Waals surface area contributed by atoms with Crippen molar-refractivity contribution < 1.29 is 0 Å². The van der Waals surface area contributed by atoms with Gasteiger partial charge in [0.2, 0.25) is 0 Å². The average Bonchev–Trinajstić information content (AvgIpc) is 2.64. The Hall–Kier alpha value is -3.00. The summed E-state index contributed by atoms with van der Waals surface area (Å²) in [5.41, 5.74) is 5.76. The zero-order valence-corrected chi connectivity index (χ0v) is 13.7. The summed E-state index contributed by atoms with van der Waals surface area (Å²) in [7, 11) is 0. The summed E-state index contributed by atoms with van der Waals surface area (Å²) in [4.78, 5) is 8.87. The lowest BCUT2D eigenvalue weighted by atomic mass is 10.0. The number of aromatic nitrogens is 2. The molecule has 0 bridgehead atoms. The van der Waals surface area contributed by atoms with Gasteiger partial charge in [-0.15, -0.1) is 13.2 Å². The number of nitrogens with zero attached hydrogens (tertiary/aromatic N) is 2. The van der Waals surface area contributed by atoms with E-state index in [9.17, 15) is 0 Å². The molecule has 0 aliphatic rings. The van der Waals surface area contributed by atoms with Gasteiger partial charge < -0.3 is 0 Å². The number of rotatable bonds is 6. The first-order valence-corrected chi connectivity index (χ1v) is 8.02. The van der Waals surface area contributed by atoms with Crippen LogP contribution in [0.3, 0.4) is 0 Å². The Balaban J connectivity index is 1.79. The van der Waals surface area contributed by atoms with Gasteiger partial charge in [-0.3, -0.25) is 0 Å². The van der Waals surface area contributed by atoms with Gasteiger partial charge >= 0.3 is 0 Å². The van der Waals surface area contributed by atoms with Crippen LogP contribution in [0.5, 0.6) is 0 Å². The molecule has 3 aromatic rings. The fourth-order valence-electron chi connectivity index (χ4n) is 2.59. The molecular weight excluding hydrogens is 292 g/mol. The summed E-state index contributed by atoms with van der Waals surface area (Å²) in [6.07, 6.45) is 9.18. The van der Waals surface area contributed by atoms with Gasteiger partial charge in [-0.1, -0.05) is 60.7 Å². The highest BCUT2D eigenvalue weighted by molar-refractivity contribution is 5.67. The minimum absolute atomic E-state index is 0.746. The third-order valence-corrected chi connectivity index (χ3v) is 3.90. The maximum absolute atomic E-state index is 4.43. The van der Waals surface area contributed by atoms with Crippen LogP contribution in [0.2, 0.25) is 0 Å². The lowest BCUT2D eigenvalue weighted by Gasteiger charge is -2.05. The smallest absolute Gasteiger partial charge is 0.159 e. The molecule has 0 N–H and O–H groups in total. The summed E-state index contributed by atoms with van der Waals surface area (Å²) in [5, 5.41) is 0. The number of benzene rings is 2. The van der Waals surface area contributed by atoms with Crippen molar-refractivity contribution in [2.24, 2.45) is 0 Å². The van der Waals surface area contributed by atoms with Gasteiger partial charge in [0.1, 0.15) is 0 Å². The normalized spacial score (nSPS) is 10.3. The topological polar surface area (TPSA) is 25.8 Å². The fraction of sp³-hybridized carbons (Fsp3) is 0.0909. The molecule has 118 valence electrons. The predicted octanol–water partition coefficient (Wildman–Crippen LogP) is 5.27. The zero-order chi connectivity index (χ0) is 16.8. The Morgan fingerprint density at radius 1 is 0.625 bits per heavy atom. The molecule has 0 unspecified atom stereocenters. The van der Waals surface area contributed by atoms with Crippen LogP contribution in [0, 0.1) is 0 Å². The monoisotopic (exact) mass is 312 g/mol. The van der Waals surface area contributed by atoms with Gasteiger partial charge in [-0.2, -0.15) is 0 Å². The van der Waals surface area contributed by atoms with Crippen LogP contribution in [-0.2, 0) is 12.8 Å². The zero-order valence-electron chi connectivity index (χ0n) is 13.7. The largest absolute Gasteiger partial charge is 0.236 e. The minimum atomic E-state index is 0.746. The predicted molar refractivity (Wildman–Crippen MR) is 101 cm³/mol. The fourth-order valence-corrected chi connectivity index (χ4v) is 2.59. The molecule has 0 spiro atoms. The first kappa shape index (κ1) is 15.9. The number of hydrogen-bond acceptors (Lipinski definition) is 2. The van der Waals surface area contributed by atoms with Crippen molar-refractivity contribution in [3.63, 3.8) is 0 Å². The number of hydrogen-bond donors (Lipinski definition) is 0. The van der Waals surface area contributed by atoms with E-state index in [2.05, 4.69) is 71.7 Å². The lowest BCUT2D eigenvalue weighted by molar-refractivity contribution is 1.10. The molecule has 0 aliphatic carbocycles. The summed E-state index contributed by atoms with van der Waals surface area (Å²) in [5.74, 6) is 0.746. The van der Waals surface area contributed by atoms with Crippen molar-refractivity contribution >= 4 is 0 Å². The van der Waals surface area contributed by atoms with Gasteiger partial charge in [0.15, 0.2) is 5.82 Å². The van der Waals surface area contributed by atoms with E-state index < -0.39 is 0 Å². The van der Waals surface area contributed by atoms with E-state index >= 15 is 0 Å². The lowest BCUT2D eigenvalue weighted by Crippen LogP contribution is -1.91. The average molecular weight is 312 g/mol. The highest BCUT2D eigenvalue weighted by Gasteiger charge is 2.03. The van der Waals surface area contributed by atoms with Crippen LogP contribution in [0.1, 0.15) is 11.1 Å². The summed E-state index contributed by atoms with van der Waals surface area (Å²) in [6, 6.07) is 16.9. The molecule has 1 heterocycles. The second-order valence-electron chi connectivity index (χ2n) is 5.67. The van der Waals surface area contributed by atoms with Crippen molar-refractivity contribution in [2.75, 3.05) is 0 Å². The van der Waals surface area contributed by atoms with Gasteiger partial charge in [0.05, 0.1) is 0 Å². The Morgan fingerprint density at radius 2 is 1.08 bits per heavy atom. The Morgan fingerprint density at radius 3 is 1.62 bits per heavy atom. The van der Waals surface area contributed by atoms with Crippen LogP contribution in [0.25, 0.3) is 22.5 Å². The molecule has 0 amide bonds. The van der Waals surface area contributed by atoms with Crippen molar-refractivity contribution in [3.05, 3.63) is 97.4 Å². The molecule has 2 aromatic carbocycles. The maximum atomic E-state index is 4.43. The molecule has 0 fully saturated rings. The van der Waals surface area contributed by atoms with Gasteiger partial charge in [0.25, 0.3) is 0 Å². The highest BCUT2D eigenvalue weighted by atomic mass is 14.9. The molecule has 0 atom stereocenters. The van der Waals surface area contributed by atoms with E-state index in [0.717, 1.165) is 29.8 Å². The second-order valence-corrected chi connectivity index (χ2v) is 5.67. The van der Waals surface area contributed by atoms with Crippen molar-refractivity contribution in [3.8, 4) is 22.5 Å². The van der Waals surface area contributed by atoms with E-state index in [0.29, 0.717) is 0 Å². The minimum Gasteiger partial charge on any atom is -0.236 e. The van der Waals surface area contributed by atoms with Gasteiger partial charge in [-0.05, 0) is 35.1 Å². The summed E-state index contributed by atoms with van der Waals surface area (Å²) < 4.78 is 0. The van der Waals surface area contributed by atoms with Crippen molar-refractivity contribution in [2.45, 2.75) is 12.8 Å². The van der Waals surface area contributed by atoms with Crippen molar-refractivity contribution in [1.82, 2.24) is 9.97 Å². The Labute approximate surface area is 143 Å². The first-order chi connectivity index (χ1) is 11.8. The molecule has 0 radical (unpaired) electrons. The third-order valence-electron chi connectivity index (χ3n) is 3.90. The van der Waals surface area contributed by atoms with Crippen LogP contribution in [0.4, 0.5) is 0 Å². The molecule has 1 aromatic heterocycles. The van der Waals surface area contributed by atoms with Crippen LogP contribution in [-0.4, -0.2) is 9.97 Å². The maximum Gasteiger partial charge on any atom is 0.159 e. The third kappa shape index (κ3) is 3.66. The molecule has 2 nitrogen and oxygen atoms in total. The Bertz CT molecular complexity index is 741. The summed E-state index contributed by atoms with van der Waals surface area (Å²) >= 11 is 0. The molecule has 0 aliphatic heterocycles. The van der Waals surface area contributed by atoms with Crippen LogP contribution >= 0.6 is 0 Å². The van der Waals surface area contributed by atoms with E-state index in [1.165, 1.54) is 16.7 Å². The SMILES string of the molecule is C=CCc1ccc(-c2ccc(-c3ncc(CC=C)cn3)cc2)cc1. The highest BCUT2D eigenvalue weighted by Crippen LogP contribution is 2.23. The molecule has 0 saturated heterocycles. The van der Waals surface area contributed by atoms with Gasteiger partial charge in [0, 0.05) is 18.0 Å². The van der Waals surface area contributed by atoms with E-state index in [4.69, 9.17) is 0 Å². The quantitative estimate of drug-likeness (QED) is 0.580. The van der Waals surface area contributed by atoms with Crippen molar-refractivity contribution in [1.29, 1.82) is 0 Å². The summed E-state index contributed by atoms with van der Waals surface area (Å²) in [6.45, 7) is 7.50. The van der Waals surface area contributed by atoms with Crippen LogP contribution in [0.15, 0.2) is 86.2 Å². The molecule has 2 heteroatoms. The van der Waals surface area contributed by atoms with Crippen LogP contribution < -0.4 is 0 Å². The standard InChI is InChI=1S/C22H20N2/c1-3-5-17-7-9-19(10-8-17)20-11-13-21(14-12-20)22-23-15-18(6-4-2)16-24-22/h3-4,7-16H,1-2,5-6H2. The molecular formula is C22H20N2.